The highest BCUT2D eigenvalue weighted by Crippen LogP contribution is 2.22. The van der Waals surface area contributed by atoms with Crippen LogP contribution in [-0.4, -0.2) is 37.4 Å². The first kappa shape index (κ1) is 19.8. The smallest absolute Gasteiger partial charge is 0.267 e. The molecule has 7 heteroatoms. The van der Waals surface area contributed by atoms with Gasteiger partial charge in [0.25, 0.3) is 5.91 Å². The van der Waals surface area contributed by atoms with Crippen molar-refractivity contribution < 1.29 is 13.2 Å². The van der Waals surface area contributed by atoms with Gasteiger partial charge in [0.15, 0.2) is 0 Å². The molecule has 1 amide bonds. The molecule has 2 aromatic rings. The Morgan fingerprint density at radius 2 is 1.69 bits per heavy atom. The molecule has 2 aromatic carbocycles. The number of hydrazone groups is 1. The molecule has 0 bridgehead atoms. The van der Waals surface area contributed by atoms with Crippen molar-refractivity contribution in [3.8, 4) is 0 Å². The van der Waals surface area contributed by atoms with Crippen LogP contribution in [0.15, 0.2) is 58.5 Å². The lowest BCUT2D eigenvalue weighted by Gasteiger charge is -2.15. The van der Waals surface area contributed by atoms with Gasteiger partial charge in [0.05, 0.1) is 10.6 Å². The molecule has 0 spiro atoms. The first-order valence-electron chi connectivity index (χ1n) is 10.1. The van der Waals surface area contributed by atoms with Crippen molar-refractivity contribution in [2.45, 2.75) is 43.4 Å². The molecule has 1 aliphatic heterocycles. The van der Waals surface area contributed by atoms with Crippen molar-refractivity contribution in [1.82, 2.24) is 9.73 Å². The summed E-state index contributed by atoms with van der Waals surface area (Å²) in [5.41, 5.74) is 6.11. The number of rotatable bonds is 4. The minimum atomic E-state index is -3.56. The van der Waals surface area contributed by atoms with Crippen LogP contribution in [0.2, 0.25) is 0 Å². The molecular weight excluding hydrogens is 386 g/mol. The Labute approximate surface area is 171 Å². The summed E-state index contributed by atoms with van der Waals surface area (Å²) in [5.74, 6) is -0.405. The number of benzene rings is 2. The molecule has 2 aliphatic rings. The van der Waals surface area contributed by atoms with Gasteiger partial charge in [-0.05, 0) is 62.3 Å². The standard InChI is InChI=1S/C22H25N3O3S/c26-22(24-23-21-13-4-2-9-17-8-1-3-12-20(17)21)18-10-7-11-19(16-18)29(27,28)25-14-5-6-15-25/h1,3,7-8,10-12,16H,2,4-6,9,13-15H2,(H,24,26)/b23-21+. The lowest BCUT2D eigenvalue weighted by Crippen LogP contribution is -2.28. The van der Waals surface area contributed by atoms with Crippen LogP contribution in [0.1, 0.15) is 53.6 Å². The SMILES string of the molecule is O=C(N/N=C1\CCCCc2ccccc21)c1cccc(S(=O)(=O)N2CCCC2)c1. The number of nitrogens with zero attached hydrogens (tertiary/aromatic N) is 2. The molecule has 4 rings (SSSR count). The third kappa shape index (κ3) is 4.26. The Bertz CT molecular complexity index is 1040. The highest BCUT2D eigenvalue weighted by Gasteiger charge is 2.27. The van der Waals surface area contributed by atoms with Crippen molar-refractivity contribution in [3.05, 3.63) is 65.2 Å². The number of hydrogen-bond acceptors (Lipinski definition) is 4. The molecular formula is C22H25N3O3S. The van der Waals surface area contributed by atoms with Crippen LogP contribution >= 0.6 is 0 Å². The molecule has 0 radical (unpaired) electrons. The van der Waals surface area contributed by atoms with Crippen LogP contribution in [0.3, 0.4) is 0 Å². The van der Waals surface area contributed by atoms with Gasteiger partial charge in [-0.3, -0.25) is 4.79 Å². The molecule has 0 atom stereocenters. The van der Waals surface area contributed by atoms with E-state index in [9.17, 15) is 13.2 Å². The molecule has 29 heavy (non-hydrogen) atoms. The van der Waals surface area contributed by atoms with Crippen molar-refractivity contribution in [3.63, 3.8) is 0 Å². The second kappa shape index (κ2) is 8.47. The zero-order chi connectivity index (χ0) is 20.3. The van der Waals surface area contributed by atoms with Crippen molar-refractivity contribution in [2.24, 2.45) is 5.10 Å². The Morgan fingerprint density at radius 3 is 2.52 bits per heavy atom. The van der Waals surface area contributed by atoms with Gasteiger partial charge >= 0.3 is 0 Å². The molecule has 0 saturated carbocycles. The number of amides is 1. The third-order valence-corrected chi connectivity index (χ3v) is 7.42. The monoisotopic (exact) mass is 411 g/mol. The molecule has 1 N–H and O–H groups in total. The van der Waals surface area contributed by atoms with Gasteiger partial charge in [-0.2, -0.15) is 9.41 Å². The minimum Gasteiger partial charge on any atom is -0.267 e. The van der Waals surface area contributed by atoms with Gasteiger partial charge in [0.2, 0.25) is 10.0 Å². The van der Waals surface area contributed by atoms with Crippen LogP contribution < -0.4 is 5.43 Å². The maximum absolute atomic E-state index is 12.8. The van der Waals surface area contributed by atoms with E-state index in [0.717, 1.165) is 49.8 Å². The average molecular weight is 412 g/mol. The topological polar surface area (TPSA) is 78.8 Å². The van der Waals surface area contributed by atoms with E-state index in [4.69, 9.17) is 0 Å². The van der Waals surface area contributed by atoms with E-state index < -0.39 is 15.9 Å². The predicted molar refractivity (Wildman–Crippen MR) is 112 cm³/mol. The summed E-state index contributed by atoms with van der Waals surface area (Å²) in [6.07, 6.45) is 5.68. The number of carbonyl (C=O) groups excluding carboxylic acids is 1. The highest BCUT2D eigenvalue weighted by molar-refractivity contribution is 7.89. The van der Waals surface area contributed by atoms with Gasteiger partial charge in [-0.15, -0.1) is 0 Å². The van der Waals surface area contributed by atoms with Crippen LogP contribution in [0.25, 0.3) is 0 Å². The number of sulfonamides is 1. The second-order valence-corrected chi connectivity index (χ2v) is 9.44. The Morgan fingerprint density at radius 1 is 0.931 bits per heavy atom. The molecule has 1 heterocycles. The summed E-state index contributed by atoms with van der Waals surface area (Å²) in [4.78, 5) is 12.8. The summed E-state index contributed by atoms with van der Waals surface area (Å²) in [5, 5.41) is 4.39. The van der Waals surface area contributed by atoms with E-state index in [1.807, 2.05) is 18.2 Å². The van der Waals surface area contributed by atoms with E-state index in [0.29, 0.717) is 13.1 Å². The fraction of sp³-hybridized carbons (Fsp3) is 0.364. The normalized spacial score (nSPS) is 19.0. The van der Waals surface area contributed by atoms with E-state index in [1.165, 1.54) is 22.0 Å². The molecule has 152 valence electrons. The van der Waals surface area contributed by atoms with Crippen LogP contribution in [0.4, 0.5) is 0 Å². The van der Waals surface area contributed by atoms with E-state index in [-0.39, 0.29) is 10.5 Å². The van der Waals surface area contributed by atoms with Crippen LogP contribution in [0.5, 0.6) is 0 Å². The Hall–Kier alpha value is -2.51. The molecule has 1 fully saturated rings. The van der Waals surface area contributed by atoms with Gasteiger partial charge < -0.3 is 0 Å². The highest BCUT2D eigenvalue weighted by atomic mass is 32.2. The molecule has 6 nitrogen and oxygen atoms in total. The Balaban J connectivity index is 1.54. The van der Waals surface area contributed by atoms with Gasteiger partial charge in [-0.1, -0.05) is 30.3 Å². The number of hydrogen-bond donors (Lipinski definition) is 1. The zero-order valence-corrected chi connectivity index (χ0v) is 17.1. The van der Waals surface area contributed by atoms with Crippen LogP contribution in [-0.2, 0) is 16.4 Å². The maximum atomic E-state index is 12.8. The summed E-state index contributed by atoms with van der Waals surface area (Å²) < 4.78 is 27.0. The van der Waals surface area contributed by atoms with E-state index >= 15 is 0 Å². The molecule has 0 aromatic heterocycles. The fourth-order valence-corrected chi connectivity index (χ4v) is 5.50. The Kier molecular flexibility index (Phi) is 5.78. The molecule has 1 saturated heterocycles. The summed E-state index contributed by atoms with van der Waals surface area (Å²) in [6, 6.07) is 14.3. The number of aryl methyl sites for hydroxylation is 1. The fourth-order valence-electron chi connectivity index (χ4n) is 3.94. The average Bonchev–Trinajstić information content (AvgIpc) is 3.22. The minimum absolute atomic E-state index is 0.152. The lowest BCUT2D eigenvalue weighted by molar-refractivity contribution is 0.0954. The van der Waals surface area contributed by atoms with Crippen molar-refractivity contribution in [2.75, 3.05) is 13.1 Å². The number of carbonyl (C=O) groups is 1. The molecule has 0 unspecified atom stereocenters. The number of nitrogens with one attached hydrogen (secondary N) is 1. The number of fused-ring (bicyclic) bond motifs is 1. The second-order valence-electron chi connectivity index (χ2n) is 7.50. The summed E-state index contributed by atoms with van der Waals surface area (Å²) in [6.45, 7) is 1.07. The third-order valence-electron chi connectivity index (χ3n) is 5.53. The van der Waals surface area contributed by atoms with Gasteiger partial charge in [0, 0.05) is 24.2 Å². The summed E-state index contributed by atoms with van der Waals surface area (Å²) in [7, 11) is -3.56. The van der Waals surface area contributed by atoms with E-state index in [1.54, 1.807) is 12.1 Å². The lowest BCUT2D eigenvalue weighted by atomic mass is 10.0. The molecule has 1 aliphatic carbocycles. The largest absolute Gasteiger partial charge is 0.271 e. The van der Waals surface area contributed by atoms with Crippen LogP contribution in [0, 0.1) is 0 Å². The van der Waals surface area contributed by atoms with Gasteiger partial charge in [0.1, 0.15) is 0 Å². The van der Waals surface area contributed by atoms with Crippen molar-refractivity contribution >= 4 is 21.6 Å². The summed E-state index contributed by atoms with van der Waals surface area (Å²) >= 11 is 0. The first-order chi connectivity index (χ1) is 14.1. The maximum Gasteiger partial charge on any atom is 0.271 e. The van der Waals surface area contributed by atoms with Crippen molar-refractivity contribution in [1.29, 1.82) is 0 Å². The quantitative estimate of drug-likeness (QED) is 0.619. The van der Waals surface area contributed by atoms with E-state index in [2.05, 4.69) is 16.6 Å². The first-order valence-corrected chi connectivity index (χ1v) is 11.5. The zero-order valence-electron chi connectivity index (χ0n) is 16.3. The van der Waals surface area contributed by atoms with Gasteiger partial charge in [-0.25, -0.2) is 13.8 Å². The predicted octanol–water partition coefficient (Wildman–Crippen LogP) is 3.33.